The number of hydrogen-bond donors (Lipinski definition) is 8. The lowest BCUT2D eigenvalue weighted by molar-refractivity contribution is 0.101. The quantitative estimate of drug-likeness (QED) is 0.0352. The smallest absolute Gasteiger partial charge is 0.255 e. The monoisotopic (exact) mass is 1700 g/mol. The molecule has 0 saturated heterocycles. The highest BCUT2D eigenvalue weighted by Gasteiger charge is 2.17. The summed E-state index contributed by atoms with van der Waals surface area (Å²) in [6, 6.07) is 63.0. The molecule has 8 aromatic carbocycles. The van der Waals surface area contributed by atoms with E-state index in [9.17, 15) is 28.0 Å². The van der Waals surface area contributed by atoms with E-state index in [-0.39, 0.29) is 35.3 Å². The van der Waals surface area contributed by atoms with Crippen molar-refractivity contribution in [3.63, 3.8) is 0 Å². The molecule has 584 valence electrons. The number of nitriles is 1. The van der Waals surface area contributed by atoms with Crippen molar-refractivity contribution < 1.29 is 28.0 Å². The number of amides is 4. The average Bonchev–Trinajstić information content (AvgIpc) is 1.64. The van der Waals surface area contributed by atoms with Crippen molar-refractivity contribution >= 4 is 151 Å². The highest BCUT2D eigenvalue weighted by Crippen LogP contribution is 2.35. The Hall–Kier alpha value is -14.2. The summed E-state index contributed by atoms with van der Waals surface area (Å²) in [5, 5.41) is 44.7. The Balaban J connectivity index is 0.000000136. The Kier molecular flexibility index (Phi) is 27.2. The van der Waals surface area contributed by atoms with E-state index in [1.807, 2.05) is 202 Å². The van der Waals surface area contributed by atoms with Gasteiger partial charge in [0.2, 0.25) is 0 Å². The third-order valence-electron chi connectivity index (χ3n) is 17.7. The molecule has 0 aliphatic carbocycles. The summed E-state index contributed by atoms with van der Waals surface area (Å²) in [5.41, 5.74) is 21.0. The van der Waals surface area contributed by atoms with Gasteiger partial charge in [-0.3, -0.25) is 39.1 Å². The van der Waals surface area contributed by atoms with Gasteiger partial charge in [0.15, 0.2) is 20.5 Å². The number of thiazole rings is 4. The number of benzene rings is 8. The van der Waals surface area contributed by atoms with E-state index in [4.69, 9.17) is 5.26 Å². The van der Waals surface area contributed by atoms with Gasteiger partial charge < -0.3 is 42.5 Å². The van der Waals surface area contributed by atoms with Gasteiger partial charge in [0.25, 0.3) is 23.6 Å². The van der Waals surface area contributed by atoms with Gasteiger partial charge in [-0.15, -0.1) is 45.3 Å². The Labute approximate surface area is 702 Å². The number of hydrogen-bond acceptors (Lipinski definition) is 21. The number of aromatic nitrogens is 8. The van der Waals surface area contributed by atoms with Gasteiger partial charge in [-0.25, -0.2) is 28.7 Å². The molecule has 0 unspecified atom stereocenters. The van der Waals surface area contributed by atoms with E-state index < -0.39 is 0 Å². The van der Waals surface area contributed by atoms with E-state index in [1.54, 1.807) is 73.8 Å². The van der Waals surface area contributed by atoms with Crippen LogP contribution in [-0.2, 0) is 0 Å². The van der Waals surface area contributed by atoms with Crippen LogP contribution in [0.2, 0.25) is 0 Å². The minimum atomic E-state index is -0.377. The van der Waals surface area contributed by atoms with Crippen molar-refractivity contribution in [1.29, 1.82) is 5.26 Å². The van der Waals surface area contributed by atoms with Gasteiger partial charge in [-0.1, -0.05) is 46.3 Å². The highest BCUT2D eigenvalue weighted by molar-refractivity contribution is 9.10. The Morgan fingerprint density at radius 3 is 0.864 bits per heavy atom. The first kappa shape index (κ1) is 81.8. The van der Waals surface area contributed by atoms with E-state index in [0.717, 1.165) is 121 Å². The first-order chi connectivity index (χ1) is 57.3. The van der Waals surface area contributed by atoms with E-state index in [0.29, 0.717) is 50.6 Å². The molecule has 0 aliphatic rings. The van der Waals surface area contributed by atoms with Crippen LogP contribution in [0.3, 0.4) is 0 Å². The van der Waals surface area contributed by atoms with Gasteiger partial charge in [-0.05, 0) is 244 Å². The first-order valence-electron chi connectivity index (χ1n) is 36.3. The second-order valence-electron chi connectivity index (χ2n) is 26.2. The van der Waals surface area contributed by atoms with Gasteiger partial charge >= 0.3 is 0 Å². The lowest BCUT2D eigenvalue weighted by Crippen LogP contribution is -2.12. The Bertz CT molecular complexity index is 6050. The van der Waals surface area contributed by atoms with Crippen LogP contribution >= 0.6 is 61.3 Å². The predicted octanol–water partition coefficient (Wildman–Crippen LogP) is 23.3. The second-order valence-corrected chi connectivity index (χ2v) is 30.5. The molecule has 21 nitrogen and oxygen atoms in total. The summed E-state index contributed by atoms with van der Waals surface area (Å²) in [6.45, 7) is 9.94. The molecule has 0 bridgehead atoms. The maximum Gasteiger partial charge on any atom is 0.255 e. The maximum absolute atomic E-state index is 13.0. The summed E-state index contributed by atoms with van der Waals surface area (Å²) in [5.74, 6) is -1.74. The second kappa shape index (κ2) is 39.2. The molecule has 8 heterocycles. The predicted molar refractivity (Wildman–Crippen MR) is 474 cm³/mol. The minimum absolute atomic E-state index is 0.154. The van der Waals surface area contributed by atoms with Crippen LogP contribution in [0.5, 0.6) is 0 Å². The largest absolute Gasteiger partial charge is 0.331 e. The zero-order valence-electron chi connectivity index (χ0n) is 63.6. The highest BCUT2D eigenvalue weighted by atomic mass is 79.9. The topological polar surface area (TPSA) is 291 Å². The maximum atomic E-state index is 13.0. The molecule has 0 atom stereocenters. The van der Waals surface area contributed by atoms with Crippen molar-refractivity contribution in [2.45, 2.75) is 34.6 Å². The molecule has 8 N–H and O–H groups in total. The molecule has 0 fully saturated rings. The van der Waals surface area contributed by atoms with Gasteiger partial charge in [0.05, 0.1) is 34.4 Å². The fourth-order valence-electron chi connectivity index (χ4n) is 11.2. The summed E-state index contributed by atoms with van der Waals surface area (Å²) < 4.78 is 27.0. The summed E-state index contributed by atoms with van der Waals surface area (Å²) in [7, 11) is 0. The van der Waals surface area contributed by atoms with Gasteiger partial charge in [0.1, 0.15) is 11.6 Å². The van der Waals surface area contributed by atoms with Crippen molar-refractivity contribution in [3.8, 4) is 51.1 Å². The standard InChI is InChI=1S/C23H19BrN4OS.C23H17N5OS.2C22H17FN4OS/c1-14-5-7-16(10-19(14)24)22(29)26-18-8-6-15(2)20(11-18)27-23-28-21(13-30-23)17-4-3-9-25-12-17;1-15-4-9-19(26-22(29)17-7-5-16(12-24)6-8-17)11-20(15)27-23-28-21(14-30-23)18-3-2-10-25-13-18;2*1-14-4-9-18(25-21(28)15-5-7-17(23)8-6-15)11-19(14)26-22-27-20(13-29-22)16-3-2-10-24-12-16/h3-13H,1-2H3,(H,26,29)(H,27,28);2-11,13-14H,1H3,(H,26,29)(H,27,28);2*2-13H,1H3,(H,25,28)(H,26,27). The van der Waals surface area contributed by atoms with E-state index >= 15 is 0 Å². The third kappa shape index (κ3) is 22.4. The molecule has 16 rings (SSSR count). The average molecular weight is 1700 g/mol. The number of nitrogens with zero attached hydrogens (tertiary/aromatic N) is 9. The SMILES string of the molecule is Cc1ccc(C(=O)Nc2ccc(C)c(Nc3nc(-c4cccnc4)cs3)c2)cc1Br.Cc1ccc(NC(=O)c2ccc(C#N)cc2)cc1Nc1nc(-c2cccnc2)cs1.Cc1ccc(NC(=O)c2ccc(F)cc2)cc1Nc1nc(-c2cccnc2)cs1.Cc1ccc(NC(=O)c2ccc(F)cc2)cc1Nc1nc(-c2cccnc2)cs1. The lowest BCUT2D eigenvalue weighted by atomic mass is 10.1. The summed E-state index contributed by atoms with van der Waals surface area (Å²) in [4.78, 5) is 84.9. The molecule has 0 aliphatic heterocycles. The number of pyridine rings is 4. The number of carbonyl (C=O) groups is 4. The van der Waals surface area contributed by atoms with Crippen molar-refractivity contribution in [3.05, 3.63) is 355 Å². The number of nitrogens with one attached hydrogen (secondary N) is 8. The fraction of sp³-hybridized carbons (Fsp3) is 0.0556. The van der Waals surface area contributed by atoms with Crippen LogP contribution in [-0.4, -0.2) is 63.5 Å². The van der Waals surface area contributed by atoms with Crippen LogP contribution in [0.25, 0.3) is 45.0 Å². The van der Waals surface area contributed by atoms with Crippen molar-refractivity contribution in [2.75, 3.05) is 42.5 Å². The number of carbonyl (C=O) groups excluding carboxylic acids is 4. The van der Waals surface area contributed by atoms with Gasteiger partial charge in [0, 0.05) is 166 Å². The minimum Gasteiger partial charge on any atom is -0.331 e. The Morgan fingerprint density at radius 1 is 0.339 bits per heavy atom. The normalized spacial score (nSPS) is 10.5. The van der Waals surface area contributed by atoms with Crippen LogP contribution in [0.4, 0.5) is 74.8 Å². The molecule has 0 radical (unpaired) electrons. The number of halogens is 3. The fourth-order valence-corrected chi connectivity index (χ4v) is 14.5. The lowest BCUT2D eigenvalue weighted by Gasteiger charge is -2.11. The van der Waals surface area contributed by atoms with Crippen molar-refractivity contribution in [1.82, 2.24) is 39.9 Å². The van der Waals surface area contributed by atoms with Crippen LogP contribution in [0.15, 0.2) is 288 Å². The number of anilines is 12. The molecule has 0 spiro atoms. The van der Waals surface area contributed by atoms with E-state index in [2.05, 4.69) is 98.3 Å². The molecule has 8 aromatic heterocycles. The molecular weight excluding hydrogens is 1630 g/mol. The molecule has 4 amide bonds. The van der Waals surface area contributed by atoms with E-state index in [1.165, 1.54) is 93.9 Å². The molecule has 0 saturated carbocycles. The zero-order chi connectivity index (χ0) is 82.4. The van der Waals surface area contributed by atoms with Crippen LogP contribution in [0.1, 0.15) is 74.8 Å². The van der Waals surface area contributed by atoms with Crippen LogP contribution < -0.4 is 42.5 Å². The third-order valence-corrected chi connectivity index (χ3v) is 21.6. The molecular formula is C90H70BrF2N17O4S4. The Morgan fingerprint density at radius 2 is 0.602 bits per heavy atom. The molecule has 28 heteroatoms. The number of aryl methyl sites for hydroxylation is 5. The first-order valence-corrected chi connectivity index (χ1v) is 40.6. The number of rotatable bonds is 20. The van der Waals surface area contributed by atoms with Crippen molar-refractivity contribution in [2.24, 2.45) is 0 Å². The summed E-state index contributed by atoms with van der Waals surface area (Å²) in [6.07, 6.45) is 14.1. The van der Waals surface area contributed by atoms with Gasteiger partial charge in [-0.2, -0.15) is 5.26 Å². The zero-order valence-corrected chi connectivity index (χ0v) is 68.4. The summed E-state index contributed by atoms with van der Waals surface area (Å²) >= 11 is 9.49. The molecule has 118 heavy (non-hydrogen) atoms. The van der Waals surface area contributed by atoms with Crippen LogP contribution in [0, 0.1) is 57.6 Å². The molecule has 16 aromatic rings.